The van der Waals surface area contributed by atoms with Crippen molar-refractivity contribution in [1.29, 1.82) is 0 Å². The molecule has 6 aromatic carbocycles. The van der Waals surface area contributed by atoms with Gasteiger partial charge >= 0.3 is 0 Å². The quantitative estimate of drug-likeness (QED) is 0.262. The molecule has 0 aromatic heterocycles. The lowest BCUT2D eigenvalue weighted by Gasteiger charge is -2.24. The van der Waals surface area contributed by atoms with Crippen LogP contribution in [0.4, 0.5) is 0 Å². The average molecular weight is 397 g/mol. The van der Waals surface area contributed by atoms with Gasteiger partial charge in [0.2, 0.25) is 0 Å². The monoisotopic (exact) mass is 396 g/mol. The van der Waals surface area contributed by atoms with E-state index in [0.29, 0.717) is 5.92 Å². The molecule has 0 nitrogen and oxygen atoms in total. The van der Waals surface area contributed by atoms with E-state index in [1.165, 1.54) is 54.2 Å². The Labute approximate surface area is 182 Å². The number of rotatable bonds is 3. The molecule has 0 bridgehead atoms. The third kappa shape index (κ3) is 2.83. The Hall–Kier alpha value is -3.64. The Morgan fingerprint density at radius 1 is 0.452 bits per heavy atom. The van der Waals surface area contributed by atoms with Crippen LogP contribution in [0.5, 0.6) is 0 Å². The van der Waals surface area contributed by atoms with Crippen LogP contribution in [0.25, 0.3) is 43.1 Å². The molecule has 0 spiro atoms. The Balaban J connectivity index is 1.80. The summed E-state index contributed by atoms with van der Waals surface area (Å²) in [5.74, 6) is 0.312. The van der Waals surface area contributed by atoms with E-state index < -0.39 is 0 Å². The van der Waals surface area contributed by atoms with Gasteiger partial charge in [-0.2, -0.15) is 0 Å². The third-order valence-electron chi connectivity index (χ3n) is 6.73. The number of hydrogen-bond acceptors (Lipinski definition) is 0. The first-order valence-electron chi connectivity index (χ1n) is 11.2. The molecule has 0 heterocycles. The van der Waals surface area contributed by atoms with E-state index in [4.69, 9.17) is 0 Å². The molecule has 0 amide bonds. The first-order chi connectivity index (χ1) is 15.3. The van der Waals surface area contributed by atoms with E-state index >= 15 is 0 Å². The molecule has 0 heteroatoms. The van der Waals surface area contributed by atoms with E-state index in [9.17, 15) is 0 Å². The second-order valence-electron chi connectivity index (χ2n) is 8.43. The van der Waals surface area contributed by atoms with Crippen molar-refractivity contribution in [2.45, 2.75) is 19.3 Å². The van der Waals surface area contributed by atoms with Crippen LogP contribution in [0.2, 0.25) is 0 Å². The molecule has 0 saturated carbocycles. The van der Waals surface area contributed by atoms with Crippen molar-refractivity contribution in [1.82, 2.24) is 0 Å². The summed E-state index contributed by atoms with van der Waals surface area (Å²) in [4.78, 5) is 0. The molecule has 148 valence electrons. The summed E-state index contributed by atoms with van der Waals surface area (Å²) in [7, 11) is 0. The van der Waals surface area contributed by atoms with Crippen LogP contribution in [-0.2, 0) is 0 Å². The molecule has 31 heavy (non-hydrogen) atoms. The fraction of sp³-hybridized carbons (Fsp3) is 0.0968. The van der Waals surface area contributed by atoms with Gasteiger partial charge in [0.15, 0.2) is 0 Å². The smallest absolute Gasteiger partial charge is 0.0111 e. The second kappa shape index (κ2) is 7.25. The molecule has 0 saturated heterocycles. The van der Waals surface area contributed by atoms with Gasteiger partial charge in [0.25, 0.3) is 0 Å². The number of benzene rings is 6. The third-order valence-corrected chi connectivity index (χ3v) is 6.73. The molecular formula is C31H24. The normalized spacial score (nSPS) is 11.8. The van der Waals surface area contributed by atoms with E-state index in [-0.39, 0.29) is 0 Å². The summed E-state index contributed by atoms with van der Waals surface area (Å²) in [5, 5.41) is 10.7. The lowest BCUT2D eigenvalue weighted by Crippen LogP contribution is -2.04. The minimum atomic E-state index is 0.312. The maximum atomic E-state index is 2.34. The maximum absolute atomic E-state index is 2.34. The molecule has 0 unspecified atom stereocenters. The van der Waals surface area contributed by atoms with Crippen LogP contribution in [0.3, 0.4) is 0 Å². The van der Waals surface area contributed by atoms with Crippen LogP contribution < -0.4 is 0 Å². The Morgan fingerprint density at radius 2 is 0.742 bits per heavy atom. The summed E-state index contributed by atoms with van der Waals surface area (Å²) in [6.07, 6.45) is 1.05. The predicted molar refractivity (Wildman–Crippen MR) is 135 cm³/mol. The van der Waals surface area contributed by atoms with Gasteiger partial charge in [0.1, 0.15) is 0 Å². The van der Waals surface area contributed by atoms with Crippen LogP contribution in [0.15, 0.2) is 109 Å². The SMILES string of the molecule is CCC(c1c2ccccc2cc2ccccc12)c1c2ccccc2cc2ccccc12. The van der Waals surface area contributed by atoms with E-state index in [1.54, 1.807) is 0 Å². The van der Waals surface area contributed by atoms with Crippen molar-refractivity contribution < 1.29 is 0 Å². The van der Waals surface area contributed by atoms with Crippen molar-refractivity contribution in [3.63, 3.8) is 0 Å². The summed E-state index contributed by atoms with van der Waals surface area (Å²) in [6, 6.07) is 40.2. The van der Waals surface area contributed by atoms with Crippen LogP contribution in [0, 0.1) is 0 Å². The number of hydrogen-bond donors (Lipinski definition) is 0. The highest BCUT2D eigenvalue weighted by Crippen LogP contribution is 2.43. The highest BCUT2D eigenvalue weighted by Gasteiger charge is 2.22. The first kappa shape index (κ1) is 18.2. The second-order valence-corrected chi connectivity index (χ2v) is 8.43. The number of fused-ring (bicyclic) bond motifs is 4. The zero-order valence-electron chi connectivity index (χ0n) is 17.7. The lowest BCUT2D eigenvalue weighted by atomic mass is 9.79. The minimum Gasteiger partial charge on any atom is -0.0645 e. The Bertz CT molecular complexity index is 1350. The van der Waals surface area contributed by atoms with E-state index in [2.05, 4.69) is 116 Å². The Kier molecular flexibility index (Phi) is 4.25. The first-order valence-corrected chi connectivity index (χ1v) is 11.2. The fourth-order valence-corrected chi connectivity index (χ4v) is 5.40. The fourth-order valence-electron chi connectivity index (χ4n) is 5.40. The summed E-state index contributed by atoms with van der Waals surface area (Å²) < 4.78 is 0. The van der Waals surface area contributed by atoms with E-state index in [1.807, 2.05) is 0 Å². The topological polar surface area (TPSA) is 0 Å². The van der Waals surface area contributed by atoms with Crippen molar-refractivity contribution in [3.05, 3.63) is 120 Å². The maximum Gasteiger partial charge on any atom is 0.0111 e. The average Bonchev–Trinajstić information content (AvgIpc) is 2.83. The van der Waals surface area contributed by atoms with Crippen molar-refractivity contribution in [3.8, 4) is 0 Å². The van der Waals surface area contributed by atoms with Gasteiger partial charge in [-0.1, -0.05) is 104 Å². The zero-order valence-corrected chi connectivity index (χ0v) is 17.7. The largest absolute Gasteiger partial charge is 0.0645 e. The highest BCUT2D eigenvalue weighted by molar-refractivity contribution is 6.07. The predicted octanol–water partition coefficient (Wildman–Crippen LogP) is 8.84. The Morgan fingerprint density at radius 3 is 1.03 bits per heavy atom. The van der Waals surface area contributed by atoms with Gasteiger partial charge in [-0.25, -0.2) is 0 Å². The van der Waals surface area contributed by atoms with Gasteiger partial charge in [0, 0.05) is 5.92 Å². The highest BCUT2D eigenvalue weighted by atomic mass is 14.3. The zero-order chi connectivity index (χ0) is 20.8. The van der Waals surface area contributed by atoms with Gasteiger partial charge in [-0.3, -0.25) is 0 Å². The molecule has 0 aliphatic rings. The van der Waals surface area contributed by atoms with Crippen LogP contribution >= 0.6 is 0 Å². The van der Waals surface area contributed by atoms with Crippen LogP contribution in [-0.4, -0.2) is 0 Å². The molecule has 6 rings (SSSR count). The van der Waals surface area contributed by atoms with Gasteiger partial charge in [0.05, 0.1) is 0 Å². The van der Waals surface area contributed by atoms with Gasteiger partial charge in [-0.05, 0) is 72.8 Å². The standard InChI is InChI=1S/C31H24/c1-2-25(30-26-15-7-3-11-21(26)19-22-12-4-8-16-27(22)30)31-28-17-9-5-13-23(28)20-24-14-6-10-18-29(24)31/h3-20,25H,2H2,1H3. The summed E-state index contributed by atoms with van der Waals surface area (Å²) in [5.41, 5.74) is 2.91. The van der Waals surface area contributed by atoms with Crippen molar-refractivity contribution in [2.75, 3.05) is 0 Å². The molecule has 6 aromatic rings. The molecule has 0 fully saturated rings. The molecule has 0 N–H and O–H groups in total. The molecule has 0 aliphatic heterocycles. The summed E-state index contributed by atoms with van der Waals surface area (Å²) >= 11 is 0. The lowest BCUT2D eigenvalue weighted by molar-refractivity contribution is 0.802. The van der Waals surface area contributed by atoms with Gasteiger partial charge in [-0.15, -0.1) is 0 Å². The van der Waals surface area contributed by atoms with Crippen molar-refractivity contribution in [2.24, 2.45) is 0 Å². The molecule has 0 radical (unpaired) electrons. The van der Waals surface area contributed by atoms with Crippen molar-refractivity contribution >= 4 is 43.1 Å². The van der Waals surface area contributed by atoms with E-state index in [0.717, 1.165) is 6.42 Å². The molecular weight excluding hydrogens is 372 g/mol. The molecule has 0 aliphatic carbocycles. The van der Waals surface area contributed by atoms with Crippen LogP contribution in [0.1, 0.15) is 30.4 Å². The summed E-state index contributed by atoms with van der Waals surface area (Å²) in [6.45, 7) is 2.33. The van der Waals surface area contributed by atoms with Gasteiger partial charge < -0.3 is 0 Å². The minimum absolute atomic E-state index is 0.312. The molecule has 0 atom stereocenters.